The molecule has 59 heavy (non-hydrogen) atoms. The molecule has 0 unspecified atom stereocenters. The average Bonchev–Trinajstić information content (AvgIpc) is 4.15. The van der Waals surface area contributed by atoms with Crippen molar-refractivity contribution >= 4 is 30.6 Å². The summed E-state index contributed by atoms with van der Waals surface area (Å²) in [6.07, 6.45) is 28.5. The Bertz CT molecular complexity index is 1220. The molecule has 3 aliphatic rings. The normalized spacial score (nSPS) is 9.29. The number of benzene rings is 3. The van der Waals surface area contributed by atoms with Crippen LogP contribution in [0, 0.1) is 20.8 Å². The molecule has 330 valence electrons. The number of quaternary nitrogens is 1. The summed E-state index contributed by atoms with van der Waals surface area (Å²) in [6, 6.07) is 23.7. The molecule has 0 aliphatic heterocycles. The summed E-state index contributed by atoms with van der Waals surface area (Å²) in [6.45, 7) is 38.3. The molecule has 3 aromatic carbocycles. The molecular formula is C50H84ClN5OY2-2. The van der Waals surface area contributed by atoms with Gasteiger partial charge in [-0.1, -0.05) is 209 Å². The van der Waals surface area contributed by atoms with Crippen LogP contribution in [0.15, 0.2) is 151 Å². The van der Waals surface area contributed by atoms with E-state index in [1.165, 1.54) is 16.7 Å². The monoisotopic (exact) mass is 983 g/mol. The SMILES string of the molecule is C1=CCC=C1.C1=CCC=C1.C1=CCC=C1.CC.CC.CC.CC.CC.CC.Cc1ccc(N)cc1.Cc1ccc(N[NH3+])cc1.[CH-]=NNc1ccc(C)cc1.[CH-]=O.[Cl-].[Y].[Y]. The predicted octanol–water partition coefficient (Wildman–Crippen LogP) is 11.4. The van der Waals surface area contributed by atoms with E-state index in [0.29, 0.717) is 0 Å². The quantitative estimate of drug-likeness (QED) is 0.0689. The molecule has 0 saturated carbocycles. The van der Waals surface area contributed by atoms with Crippen molar-refractivity contribution in [1.29, 1.82) is 0 Å². The van der Waals surface area contributed by atoms with Gasteiger partial charge in [0.15, 0.2) is 0 Å². The van der Waals surface area contributed by atoms with Crippen molar-refractivity contribution in [2.75, 3.05) is 16.6 Å². The van der Waals surface area contributed by atoms with Crippen molar-refractivity contribution in [2.45, 2.75) is 123 Å². The third kappa shape index (κ3) is 70.2. The van der Waals surface area contributed by atoms with Crippen molar-refractivity contribution in [3.63, 3.8) is 0 Å². The third-order valence-corrected chi connectivity index (χ3v) is 5.54. The number of hydrogen-bond acceptors (Lipinski definition) is 5. The second kappa shape index (κ2) is 79.5. The van der Waals surface area contributed by atoms with E-state index in [0.717, 1.165) is 36.3 Å². The summed E-state index contributed by atoms with van der Waals surface area (Å²) in [5, 5.41) is 3.29. The standard InChI is InChI=1S/C8H9N2.C7H10N2.C7H9N.3C5H6.6C2H6.CHO.ClH.2Y/c1-7-3-5-8(6-4-7)10-9-2;1-6-2-4-7(9-8)5-3-6;1-6-2-4-7(8)5-3-6;3*1-2-4-5-3-1;7*1-2;;;/h2-6,10H,1H3;2-5,9H,8H2,1H3;2-5H,8H2,1H3;3*1-4H,5H2;6*1-2H3;1H;1H;;/q-1;;;;;;;;;;;;-1;;;. The summed E-state index contributed by atoms with van der Waals surface area (Å²) in [5.74, 6) is 3.54. The molecule has 2 radical (unpaired) electrons. The van der Waals surface area contributed by atoms with Crippen LogP contribution in [-0.2, 0) is 70.2 Å². The molecule has 6 nitrogen and oxygen atoms in total. The largest absolute Gasteiger partial charge is 1.00 e. The van der Waals surface area contributed by atoms with Crippen LogP contribution in [0.4, 0.5) is 17.1 Å². The molecule has 0 aromatic heterocycles. The van der Waals surface area contributed by atoms with Crippen molar-refractivity contribution < 1.29 is 88.5 Å². The molecule has 0 heterocycles. The molecule has 7 N–H and O–H groups in total. The third-order valence-electron chi connectivity index (χ3n) is 5.54. The van der Waals surface area contributed by atoms with Crippen LogP contribution in [0.2, 0.25) is 0 Å². The zero-order valence-electron chi connectivity index (χ0n) is 39.8. The number of hydrazone groups is 1. The minimum atomic E-state index is 0. The summed E-state index contributed by atoms with van der Waals surface area (Å²) >= 11 is 0. The van der Waals surface area contributed by atoms with Crippen LogP contribution in [0.25, 0.3) is 0 Å². The maximum atomic E-state index is 7.75. The van der Waals surface area contributed by atoms with E-state index in [2.05, 4.69) is 108 Å². The molecule has 0 atom stereocenters. The van der Waals surface area contributed by atoms with Gasteiger partial charge in [-0.05, 0) is 76.4 Å². The number of nitrogens with one attached hydrogen (secondary N) is 2. The van der Waals surface area contributed by atoms with E-state index in [1.54, 1.807) is 0 Å². The summed E-state index contributed by atoms with van der Waals surface area (Å²) in [7, 11) is 0. The van der Waals surface area contributed by atoms with Gasteiger partial charge in [-0.15, -0.1) is 0 Å². The van der Waals surface area contributed by atoms with Gasteiger partial charge in [0.05, 0.1) is 11.4 Å². The Kier molecular flexibility index (Phi) is 108. The molecule has 0 bridgehead atoms. The molecule has 3 aliphatic carbocycles. The van der Waals surface area contributed by atoms with Crippen molar-refractivity contribution in [1.82, 2.24) is 0 Å². The molecule has 3 aromatic rings. The van der Waals surface area contributed by atoms with Gasteiger partial charge in [-0.25, -0.2) is 5.43 Å². The van der Waals surface area contributed by atoms with Crippen molar-refractivity contribution in [3.05, 3.63) is 162 Å². The van der Waals surface area contributed by atoms with Crippen molar-refractivity contribution in [3.8, 4) is 0 Å². The van der Waals surface area contributed by atoms with E-state index in [-0.39, 0.29) is 77.8 Å². The van der Waals surface area contributed by atoms with Gasteiger partial charge < -0.3 is 40.2 Å². The fraction of sp³-hybridized carbons (Fsp3) is 0.360. The van der Waals surface area contributed by atoms with E-state index in [9.17, 15) is 0 Å². The molecule has 0 fully saturated rings. The van der Waals surface area contributed by atoms with Gasteiger partial charge in [-0.2, -0.15) is 0 Å². The fourth-order valence-electron chi connectivity index (χ4n) is 3.12. The van der Waals surface area contributed by atoms with Crippen LogP contribution in [0.3, 0.4) is 0 Å². The minimum Gasteiger partial charge on any atom is -1.00 e. The second-order valence-corrected chi connectivity index (χ2v) is 9.34. The Morgan fingerprint density at radius 2 is 0.695 bits per heavy atom. The first-order valence-corrected chi connectivity index (χ1v) is 20.3. The first-order chi connectivity index (χ1) is 27.4. The Hall–Kier alpha value is -2.70. The summed E-state index contributed by atoms with van der Waals surface area (Å²) in [5.41, 5.74) is 17.4. The first kappa shape index (κ1) is 80.3. The predicted molar refractivity (Wildman–Crippen MR) is 260 cm³/mol. The fourth-order valence-corrected chi connectivity index (χ4v) is 3.12. The maximum absolute atomic E-state index is 7.75. The number of rotatable bonds is 3. The van der Waals surface area contributed by atoms with Crippen LogP contribution >= 0.6 is 0 Å². The van der Waals surface area contributed by atoms with Crippen LogP contribution in [-0.4, -0.2) is 13.5 Å². The maximum Gasteiger partial charge on any atom is 0.0847 e. The zero-order chi connectivity index (χ0) is 44.7. The number of nitrogens with zero attached hydrogens (tertiary/aromatic N) is 1. The van der Waals surface area contributed by atoms with Gasteiger partial charge in [-0.3, -0.25) is 12.6 Å². The number of carbonyl (C=O) groups excluding carboxylic acids is 1. The minimum absolute atomic E-state index is 0. The Morgan fingerprint density at radius 1 is 0.475 bits per heavy atom. The number of nitrogen functional groups attached to an aromatic ring is 1. The van der Waals surface area contributed by atoms with Gasteiger partial charge in [0.2, 0.25) is 0 Å². The number of allylic oxidation sites excluding steroid dienone is 12. The molecule has 0 saturated heterocycles. The number of nitrogens with two attached hydrogens (primary N) is 1. The van der Waals surface area contributed by atoms with E-state index < -0.39 is 0 Å². The van der Waals surface area contributed by atoms with Crippen LogP contribution in [0.5, 0.6) is 0 Å². The molecule has 0 spiro atoms. The Morgan fingerprint density at radius 3 is 0.864 bits per heavy atom. The Labute approximate surface area is 422 Å². The van der Waals surface area contributed by atoms with E-state index >= 15 is 0 Å². The topological polar surface area (TPSA) is 107 Å². The van der Waals surface area contributed by atoms with Crippen LogP contribution in [0.1, 0.15) is 119 Å². The zero-order valence-corrected chi connectivity index (χ0v) is 46.2. The van der Waals surface area contributed by atoms with Crippen LogP contribution < -0.4 is 34.8 Å². The van der Waals surface area contributed by atoms with Gasteiger partial charge in [0, 0.05) is 71.1 Å². The Balaban J connectivity index is -0.0000000577. The molecule has 6 rings (SSSR count). The van der Waals surface area contributed by atoms with Gasteiger partial charge in [0.1, 0.15) is 0 Å². The second-order valence-electron chi connectivity index (χ2n) is 9.34. The molecular weight excluding hydrogens is 900 g/mol. The van der Waals surface area contributed by atoms with E-state index in [4.69, 9.17) is 17.2 Å². The number of anilines is 3. The smallest absolute Gasteiger partial charge is 0.0847 e. The van der Waals surface area contributed by atoms with Crippen molar-refractivity contribution in [2.24, 2.45) is 5.10 Å². The number of hydrogen-bond donors (Lipinski definition) is 4. The van der Waals surface area contributed by atoms with E-state index in [1.807, 2.05) is 170 Å². The summed E-state index contributed by atoms with van der Waals surface area (Å²) < 4.78 is 0. The number of aryl methyl sites for hydroxylation is 3. The molecule has 9 heteroatoms. The average molecular weight is 985 g/mol. The first-order valence-electron chi connectivity index (χ1n) is 20.3. The molecule has 0 amide bonds. The number of halogens is 1. The summed E-state index contributed by atoms with van der Waals surface area (Å²) in [4.78, 5) is 7.75. The van der Waals surface area contributed by atoms with Gasteiger partial charge >= 0.3 is 0 Å². The van der Waals surface area contributed by atoms with Gasteiger partial charge in [0.25, 0.3) is 0 Å².